The van der Waals surface area contributed by atoms with Crippen molar-refractivity contribution in [3.63, 3.8) is 0 Å². The number of benzene rings is 2. The van der Waals surface area contributed by atoms with Gasteiger partial charge in [0.25, 0.3) is 5.91 Å². The summed E-state index contributed by atoms with van der Waals surface area (Å²) in [7, 11) is 0. The van der Waals surface area contributed by atoms with E-state index in [-0.39, 0.29) is 30.4 Å². The first-order valence-electron chi connectivity index (χ1n) is 13.2. The second-order valence-electron chi connectivity index (χ2n) is 9.25. The van der Waals surface area contributed by atoms with E-state index in [1.54, 1.807) is 13.0 Å². The van der Waals surface area contributed by atoms with Crippen molar-refractivity contribution in [2.24, 2.45) is 0 Å². The maximum atomic E-state index is 14.1. The van der Waals surface area contributed by atoms with Crippen molar-refractivity contribution < 1.29 is 23.5 Å². The second-order valence-corrected chi connectivity index (χ2v) is 11.3. The number of rotatable bonds is 11. The summed E-state index contributed by atoms with van der Waals surface area (Å²) in [6, 6.07) is 15.4. The maximum Gasteiger partial charge on any atom is 0.341 e. The van der Waals surface area contributed by atoms with Gasteiger partial charge in [0.2, 0.25) is 5.91 Å². The van der Waals surface area contributed by atoms with Crippen LogP contribution in [0.15, 0.2) is 59.8 Å². The molecule has 0 spiro atoms. The van der Waals surface area contributed by atoms with Crippen LogP contribution in [0.25, 0.3) is 0 Å². The van der Waals surface area contributed by atoms with E-state index in [0.29, 0.717) is 28.1 Å². The van der Waals surface area contributed by atoms with Gasteiger partial charge in [0.1, 0.15) is 10.8 Å². The molecule has 4 aromatic rings. The molecule has 0 saturated heterocycles. The Bertz CT molecular complexity index is 1570. The molecule has 2 aromatic carbocycles. The van der Waals surface area contributed by atoms with E-state index in [2.05, 4.69) is 20.8 Å². The summed E-state index contributed by atoms with van der Waals surface area (Å²) >= 11 is 2.62. The van der Waals surface area contributed by atoms with E-state index < -0.39 is 17.7 Å². The molecule has 1 aliphatic rings. The number of nitrogens with zero attached hydrogens (tertiary/aromatic N) is 3. The van der Waals surface area contributed by atoms with Crippen LogP contribution in [0.5, 0.6) is 0 Å². The highest BCUT2D eigenvalue weighted by atomic mass is 32.2. The zero-order valence-electron chi connectivity index (χ0n) is 22.3. The molecule has 0 fully saturated rings. The number of hydrogen-bond acceptors (Lipinski definition) is 8. The SMILES string of the molecule is CCOC(=O)c1c(NC(=O)CSc2nnc(CNC(=O)c3ccccc3F)n2Cc2ccccc2)sc2c1CCC2. The number of amides is 2. The third kappa shape index (κ3) is 6.66. The zero-order valence-corrected chi connectivity index (χ0v) is 23.9. The van der Waals surface area contributed by atoms with Crippen LogP contribution >= 0.6 is 23.1 Å². The third-order valence-corrected chi connectivity index (χ3v) is 8.66. The summed E-state index contributed by atoms with van der Waals surface area (Å²) in [6.45, 7) is 2.44. The van der Waals surface area contributed by atoms with E-state index in [0.717, 1.165) is 35.3 Å². The summed E-state index contributed by atoms with van der Waals surface area (Å²) in [6.07, 6.45) is 2.66. The van der Waals surface area contributed by atoms with Gasteiger partial charge in [-0.25, -0.2) is 9.18 Å². The highest BCUT2D eigenvalue weighted by Gasteiger charge is 2.28. The Morgan fingerprint density at radius 2 is 1.85 bits per heavy atom. The van der Waals surface area contributed by atoms with Crippen LogP contribution in [0.3, 0.4) is 0 Å². The van der Waals surface area contributed by atoms with Gasteiger partial charge in [-0.2, -0.15) is 0 Å². The Labute approximate surface area is 244 Å². The molecule has 0 unspecified atom stereocenters. The fraction of sp³-hybridized carbons (Fsp3) is 0.276. The normalized spacial score (nSPS) is 12.1. The molecule has 2 heterocycles. The first-order chi connectivity index (χ1) is 19.9. The van der Waals surface area contributed by atoms with Crippen molar-refractivity contribution in [2.45, 2.75) is 44.4 Å². The number of carbonyl (C=O) groups is 3. The van der Waals surface area contributed by atoms with Crippen LogP contribution in [0.1, 0.15) is 55.9 Å². The van der Waals surface area contributed by atoms with Gasteiger partial charge in [0.05, 0.1) is 36.6 Å². The summed E-state index contributed by atoms with van der Waals surface area (Å²) in [5, 5.41) is 15.1. The number of nitrogens with one attached hydrogen (secondary N) is 2. The summed E-state index contributed by atoms with van der Waals surface area (Å²) < 4.78 is 21.1. The second kappa shape index (κ2) is 13.1. The van der Waals surface area contributed by atoms with Gasteiger partial charge in [0, 0.05) is 4.88 Å². The summed E-state index contributed by atoms with van der Waals surface area (Å²) in [5.41, 5.74) is 2.35. The van der Waals surface area contributed by atoms with Crippen LogP contribution < -0.4 is 10.6 Å². The maximum absolute atomic E-state index is 14.1. The van der Waals surface area contributed by atoms with Gasteiger partial charge < -0.3 is 19.9 Å². The van der Waals surface area contributed by atoms with Crippen molar-refractivity contribution >= 4 is 45.9 Å². The van der Waals surface area contributed by atoms with Crippen LogP contribution in [0, 0.1) is 5.82 Å². The molecule has 9 nitrogen and oxygen atoms in total. The molecule has 0 saturated carbocycles. The minimum atomic E-state index is -0.611. The number of thiophene rings is 1. The molecule has 2 aromatic heterocycles. The minimum absolute atomic E-state index is 0.0173. The molecule has 212 valence electrons. The molecule has 12 heteroatoms. The van der Waals surface area contributed by atoms with Crippen LogP contribution in [-0.2, 0) is 35.5 Å². The van der Waals surface area contributed by atoms with Gasteiger partial charge in [0.15, 0.2) is 11.0 Å². The fourth-order valence-corrected chi connectivity index (χ4v) is 6.64. The van der Waals surface area contributed by atoms with Crippen molar-refractivity contribution in [1.29, 1.82) is 0 Å². The number of aromatic nitrogens is 3. The molecule has 0 bridgehead atoms. The van der Waals surface area contributed by atoms with Gasteiger partial charge in [-0.05, 0) is 49.4 Å². The molecule has 0 radical (unpaired) electrons. The predicted molar refractivity (Wildman–Crippen MR) is 155 cm³/mol. The Balaban J connectivity index is 1.30. The standard InChI is InChI=1S/C29H28FN5O4S2/c1-2-39-28(38)25-20-12-8-14-22(20)41-27(25)32-24(36)17-40-29-34-33-23(35(29)16-18-9-4-3-5-10-18)15-31-26(37)19-11-6-7-13-21(19)30/h3-7,9-11,13H,2,8,12,14-17H2,1H3,(H,31,37)(H,32,36). The molecule has 0 atom stereocenters. The number of esters is 1. The molecule has 41 heavy (non-hydrogen) atoms. The minimum Gasteiger partial charge on any atom is -0.462 e. The zero-order chi connectivity index (χ0) is 28.8. The lowest BCUT2D eigenvalue weighted by Crippen LogP contribution is -2.26. The Morgan fingerprint density at radius 3 is 2.63 bits per heavy atom. The van der Waals surface area contributed by atoms with Crippen LogP contribution in [0.4, 0.5) is 9.39 Å². The van der Waals surface area contributed by atoms with Gasteiger partial charge >= 0.3 is 5.97 Å². The van der Waals surface area contributed by atoms with Crippen LogP contribution in [-0.4, -0.2) is 44.9 Å². The van der Waals surface area contributed by atoms with E-state index in [4.69, 9.17) is 4.74 Å². The number of hydrogen-bond donors (Lipinski definition) is 2. The predicted octanol–water partition coefficient (Wildman–Crippen LogP) is 4.85. The van der Waals surface area contributed by atoms with Crippen molar-refractivity contribution in [1.82, 2.24) is 20.1 Å². The fourth-order valence-electron chi connectivity index (χ4n) is 4.59. The van der Waals surface area contributed by atoms with E-state index >= 15 is 0 Å². The topological polar surface area (TPSA) is 115 Å². The lowest BCUT2D eigenvalue weighted by molar-refractivity contribution is -0.113. The first kappa shape index (κ1) is 28.5. The lowest BCUT2D eigenvalue weighted by Gasteiger charge is -2.12. The highest BCUT2D eigenvalue weighted by Crippen LogP contribution is 2.39. The van der Waals surface area contributed by atoms with E-state index in [9.17, 15) is 18.8 Å². The van der Waals surface area contributed by atoms with Crippen LogP contribution in [0.2, 0.25) is 0 Å². The number of halogens is 1. The van der Waals surface area contributed by atoms with Crippen molar-refractivity contribution in [3.8, 4) is 0 Å². The Kier molecular flexibility index (Phi) is 9.10. The van der Waals surface area contributed by atoms with Gasteiger partial charge in [-0.1, -0.05) is 54.2 Å². The molecular weight excluding hydrogens is 565 g/mol. The lowest BCUT2D eigenvalue weighted by atomic mass is 10.1. The average Bonchev–Trinajstić information content (AvgIpc) is 3.66. The van der Waals surface area contributed by atoms with Gasteiger partial charge in [-0.15, -0.1) is 21.5 Å². The molecule has 1 aliphatic carbocycles. The van der Waals surface area contributed by atoms with E-state index in [1.165, 1.54) is 41.3 Å². The summed E-state index contributed by atoms with van der Waals surface area (Å²) in [4.78, 5) is 39.3. The monoisotopic (exact) mass is 593 g/mol. The Morgan fingerprint density at radius 1 is 1.07 bits per heavy atom. The third-order valence-electron chi connectivity index (χ3n) is 6.49. The largest absolute Gasteiger partial charge is 0.462 e. The number of aryl methyl sites for hydroxylation is 1. The first-order valence-corrected chi connectivity index (χ1v) is 15.0. The average molecular weight is 594 g/mol. The molecule has 5 rings (SSSR count). The number of anilines is 1. The number of ether oxygens (including phenoxy) is 1. The highest BCUT2D eigenvalue weighted by molar-refractivity contribution is 7.99. The number of carbonyl (C=O) groups excluding carboxylic acids is 3. The molecule has 2 amide bonds. The number of thioether (sulfide) groups is 1. The van der Waals surface area contributed by atoms with Crippen molar-refractivity contribution in [3.05, 3.63) is 93.4 Å². The molecular formula is C29H28FN5O4S2. The van der Waals surface area contributed by atoms with E-state index in [1.807, 2.05) is 34.9 Å². The summed E-state index contributed by atoms with van der Waals surface area (Å²) in [5.74, 6) is -1.39. The van der Waals surface area contributed by atoms with Crippen molar-refractivity contribution in [2.75, 3.05) is 17.7 Å². The molecule has 2 N–H and O–H groups in total. The van der Waals surface area contributed by atoms with Gasteiger partial charge in [-0.3, -0.25) is 9.59 Å². The quantitative estimate of drug-likeness (QED) is 0.189. The molecule has 0 aliphatic heterocycles. The Hall–Kier alpha value is -4.03. The number of fused-ring (bicyclic) bond motifs is 1. The smallest absolute Gasteiger partial charge is 0.341 e.